The number of thiophene rings is 1. The summed E-state index contributed by atoms with van der Waals surface area (Å²) in [6.07, 6.45) is 4.10. The molecule has 0 fully saturated rings. The first-order chi connectivity index (χ1) is 8.25. The summed E-state index contributed by atoms with van der Waals surface area (Å²) in [5.74, 6) is 0.979. The van der Waals surface area contributed by atoms with Crippen LogP contribution in [0.4, 0.5) is 0 Å². The molecule has 0 saturated carbocycles. The van der Waals surface area contributed by atoms with Gasteiger partial charge >= 0.3 is 0 Å². The Hall–Kier alpha value is -1.32. The molecule has 1 aliphatic heterocycles. The zero-order valence-electron chi connectivity index (χ0n) is 10.3. The van der Waals surface area contributed by atoms with E-state index in [1.807, 2.05) is 24.5 Å². The number of nitrogens with zero attached hydrogens (tertiary/aromatic N) is 1. The number of halogens is 1. The third-order valence-corrected chi connectivity index (χ3v) is 4.12. The van der Waals surface area contributed by atoms with Crippen molar-refractivity contribution in [3.8, 4) is 0 Å². The smallest absolute Gasteiger partial charge is 0.0983 e. The average molecular weight is 279 g/mol. The third-order valence-electron chi connectivity index (χ3n) is 3.02. The Morgan fingerprint density at radius 2 is 2.00 bits per heavy atom. The maximum atomic E-state index is 4.66. The van der Waals surface area contributed by atoms with Gasteiger partial charge in [0, 0.05) is 21.3 Å². The zero-order valence-corrected chi connectivity index (χ0v) is 11.9. The van der Waals surface area contributed by atoms with E-state index in [9.17, 15) is 0 Å². The lowest BCUT2D eigenvalue weighted by Crippen LogP contribution is -2.18. The normalized spacial score (nSPS) is 18.1. The van der Waals surface area contributed by atoms with Gasteiger partial charge in [-0.2, -0.15) is 0 Å². The molecule has 2 aromatic rings. The van der Waals surface area contributed by atoms with Crippen LogP contribution in [0, 0.1) is 6.92 Å². The van der Waals surface area contributed by atoms with Gasteiger partial charge in [-0.3, -0.25) is 4.99 Å². The van der Waals surface area contributed by atoms with Gasteiger partial charge in [-0.05, 0) is 31.4 Å². The van der Waals surface area contributed by atoms with Gasteiger partial charge in [-0.1, -0.05) is 18.2 Å². The van der Waals surface area contributed by atoms with Crippen LogP contribution in [-0.4, -0.2) is 5.84 Å². The van der Waals surface area contributed by atoms with Crippen molar-refractivity contribution >= 4 is 39.7 Å². The molecule has 94 valence electrons. The highest BCUT2D eigenvalue weighted by atomic mass is 35.5. The maximum absolute atomic E-state index is 4.66. The van der Waals surface area contributed by atoms with Crippen molar-refractivity contribution in [2.75, 3.05) is 0 Å². The standard InChI is InChI=1S/C14H14N2S.ClH/c1-9-14(12-7-8-15-10(2)16-12)11-5-3-4-6-13(11)17-9;/h3-8,12H,1-2H3,(H,15,16);1H. The topological polar surface area (TPSA) is 24.4 Å². The number of hydrogen-bond donors (Lipinski definition) is 1. The van der Waals surface area contributed by atoms with E-state index in [0.29, 0.717) is 0 Å². The first-order valence-electron chi connectivity index (χ1n) is 5.71. The molecule has 2 nitrogen and oxygen atoms in total. The lowest BCUT2D eigenvalue weighted by Gasteiger charge is -2.15. The molecule has 1 aliphatic rings. The van der Waals surface area contributed by atoms with Crippen LogP contribution in [0.15, 0.2) is 41.5 Å². The molecular formula is C14H15ClN2S. The molecule has 1 atom stereocenters. The number of aliphatic imine (C=N–C) groups is 1. The largest absolute Gasteiger partial charge is 0.351 e. The second kappa shape index (κ2) is 5.12. The molecule has 2 heterocycles. The molecule has 1 N–H and O–H groups in total. The Morgan fingerprint density at radius 3 is 2.78 bits per heavy atom. The van der Waals surface area contributed by atoms with Crippen LogP contribution >= 0.6 is 23.7 Å². The third kappa shape index (κ3) is 2.16. The number of hydrogen-bond acceptors (Lipinski definition) is 3. The Labute approximate surface area is 117 Å². The van der Waals surface area contributed by atoms with E-state index in [2.05, 4.69) is 47.6 Å². The highest BCUT2D eigenvalue weighted by Crippen LogP contribution is 2.37. The monoisotopic (exact) mass is 278 g/mol. The molecule has 0 bridgehead atoms. The number of amidine groups is 1. The molecule has 0 saturated heterocycles. The first kappa shape index (κ1) is 13.1. The fraction of sp³-hybridized carbons (Fsp3) is 0.214. The number of aryl methyl sites for hydroxylation is 1. The zero-order chi connectivity index (χ0) is 11.8. The molecule has 1 aromatic carbocycles. The average Bonchev–Trinajstić information content (AvgIpc) is 2.64. The SMILES string of the molecule is CC1=NC(c2c(C)sc3ccccc23)C=CN1.Cl. The van der Waals surface area contributed by atoms with Gasteiger partial charge in [0.25, 0.3) is 0 Å². The van der Waals surface area contributed by atoms with E-state index < -0.39 is 0 Å². The van der Waals surface area contributed by atoms with Crippen molar-refractivity contribution in [2.45, 2.75) is 19.9 Å². The highest BCUT2D eigenvalue weighted by molar-refractivity contribution is 7.19. The van der Waals surface area contributed by atoms with Gasteiger partial charge in [-0.25, -0.2) is 0 Å². The van der Waals surface area contributed by atoms with E-state index in [4.69, 9.17) is 0 Å². The fourth-order valence-electron chi connectivity index (χ4n) is 2.26. The quantitative estimate of drug-likeness (QED) is 0.830. The Bertz CT molecular complexity index is 628. The van der Waals surface area contributed by atoms with E-state index >= 15 is 0 Å². The summed E-state index contributed by atoms with van der Waals surface area (Å²) >= 11 is 1.85. The first-order valence-corrected chi connectivity index (χ1v) is 6.53. The van der Waals surface area contributed by atoms with Crippen molar-refractivity contribution in [3.05, 3.63) is 47.0 Å². The highest BCUT2D eigenvalue weighted by Gasteiger charge is 2.17. The Morgan fingerprint density at radius 1 is 1.22 bits per heavy atom. The van der Waals surface area contributed by atoms with Crippen molar-refractivity contribution in [3.63, 3.8) is 0 Å². The molecule has 0 aliphatic carbocycles. The minimum atomic E-state index is 0. The molecular weight excluding hydrogens is 264 g/mol. The van der Waals surface area contributed by atoms with Crippen LogP contribution in [0.3, 0.4) is 0 Å². The summed E-state index contributed by atoms with van der Waals surface area (Å²) in [5, 5.41) is 4.45. The number of nitrogens with one attached hydrogen (secondary N) is 1. The summed E-state index contributed by atoms with van der Waals surface area (Å²) in [5.41, 5.74) is 1.35. The van der Waals surface area contributed by atoms with Crippen molar-refractivity contribution < 1.29 is 0 Å². The molecule has 4 heteroatoms. The summed E-state index contributed by atoms with van der Waals surface area (Å²) in [4.78, 5) is 6.02. The summed E-state index contributed by atoms with van der Waals surface area (Å²) in [7, 11) is 0. The van der Waals surface area contributed by atoms with Gasteiger partial charge in [0.2, 0.25) is 0 Å². The Balaban J connectivity index is 0.00000120. The van der Waals surface area contributed by atoms with E-state index in [1.165, 1.54) is 20.5 Å². The lowest BCUT2D eigenvalue weighted by atomic mass is 10.0. The lowest BCUT2D eigenvalue weighted by molar-refractivity contribution is 0.874. The second-order valence-electron chi connectivity index (χ2n) is 4.23. The Kier molecular flexibility index (Phi) is 3.73. The molecule has 0 amide bonds. The van der Waals surface area contributed by atoms with Crippen LogP contribution in [-0.2, 0) is 0 Å². The van der Waals surface area contributed by atoms with Gasteiger partial charge < -0.3 is 5.32 Å². The summed E-state index contributed by atoms with van der Waals surface area (Å²) in [6.45, 7) is 4.18. The fourth-order valence-corrected chi connectivity index (χ4v) is 3.37. The van der Waals surface area contributed by atoms with Gasteiger partial charge in [0.15, 0.2) is 0 Å². The number of rotatable bonds is 1. The van der Waals surface area contributed by atoms with Crippen molar-refractivity contribution in [1.82, 2.24) is 5.32 Å². The molecule has 1 unspecified atom stereocenters. The predicted octanol–water partition coefficient (Wildman–Crippen LogP) is 4.21. The number of benzene rings is 1. The van der Waals surface area contributed by atoms with Gasteiger partial charge in [0.1, 0.15) is 0 Å². The molecule has 0 radical (unpaired) electrons. The molecule has 3 rings (SSSR count). The van der Waals surface area contributed by atoms with Crippen molar-refractivity contribution in [2.24, 2.45) is 4.99 Å². The van der Waals surface area contributed by atoms with Crippen LogP contribution < -0.4 is 5.32 Å². The maximum Gasteiger partial charge on any atom is 0.0983 e. The van der Waals surface area contributed by atoms with Crippen LogP contribution in [0.1, 0.15) is 23.4 Å². The van der Waals surface area contributed by atoms with Crippen molar-refractivity contribution in [1.29, 1.82) is 0 Å². The molecule has 1 aromatic heterocycles. The number of fused-ring (bicyclic) bond motifs is 1. The molecule has 0 spiro atoms. The van der Waals surface area contributed by atoms with Crippen LogP contribution in [0.2, 0.25) is 0 Å². The van der Waals surface area contributed by atoms with E-state index in [1.54, 1.807) is 0 Å². The minimum absolute atomic E-state index is 0. The summed E-state index contributed by atoms with van der Waals surface area (Å²) < 4.78 is 1.35. The van der Waals surface area contributed by atoms with E-state index in [0.717, 1.165) is 5.84 Å². The van der Waals surface area contributed by atoms with Gasteiger partial charge in [0.05, 0.1) is 11.9 Å². The van der Waals surface area contributed by atoms with E-state index in [-0.39, 0.29) is 18.4 Å². The van der Waals surface area contributed by atoms with Crippen LogP contribution in [0.25, 0.3) is 10.1 Å². The minimum Gasteiger partial charge on any atom is -0.351 e. The predicted molar refractivity (Wildman–Crippen MR) is 81.9 cm³/mol. The summed E-state index contributed by atoms with van der Waals surface area (Å²) in [6, 6.07) is 8.72. The van der Waals surface area contributed by atoms with Crippen LogP contribution in [0.5, 0.6) is 0 Å². The van der Waals surface area contributed by atoms with Gasteiger partial charge in [-0.15, -0.1) is 23.7 Å². The second-order valence-corrected chi connectivity index (χ2v) is 5.49. The molecule has 18 heavy (non-hydrogen) atoms.